The van der Waals surface area contributed by atoms with Crippen molar-refractivity contribution in [3.05, 3.63) is 35.4 Å². The summed E-state index contributed by atoms with van der Waals surface area (Å²) in [5, 5.41) is 9.24. The van der Waals surface area contributed by atoms with Crippen molar-refractivity contribution in [1.82, 2.24) is 0 Å². The average Bonchev–Trinajstić information content (AvgIpc) is 2.35. The molecule has 0 radical (unpaired) electrons. The van der Waals surface area contributed by atoms with Gasteiger partial charge in [0.25, 0.3) is 0 Å². The van der Waals surface area contributed by atoms with E-state index in [4.69, 9.17) is 4.74 Å². The molecule has 0 spiro atoms. The van der Waals surface area contributed by atoms with Gasteiger partial charge in [-0.05, 0) is 25.3 Å². The number of carbonyl (C=O) groups is 1. The van der Waals surface area contributed by atoms with Crippen LogP contribution in [0.15, 0.2) is 24.3 Å². The highest BCUT2D eigenvalue weighted by molar-refractivity contribution is 5.76. The van der Waals surface area contributed by atoms with Gasteiger partial charge in [0, 0.05) is 13.2 Å². The first-order valence-corrected chi connectivity index (χ1v) is 6.52. The van der Waals surface area contributed by atoms with Crippen molar-refractivity contribution in [1.29, 1.82) is 0 Å². The summed E-state index contributed by atoms with van der Waals surface area (Å²) in [7, 11) is 0. The summed E-state index contributed by atoms with van der Waals surface area (Å²) in [4.78, 5) is 11.2. The molecule has 0 aliphatic rings. The fourth-order valence-electron chi connectivity index (χ4n) is 1.78. The van der Waals surface area contributed by atoms with E-state index in [0.29, 0.717) is 13.0 Å². The van der Waals surface area contributed by atoms with Crippen LogP contribution >= 0.6 is 0 Å². The first kappa shape index (κ1) is 14.7. The van der Waals surface area contributed by atoms with Crippen LogP contribution in [0.4, 0.5) is 0 Å². The summed E-state index contributed by atoms with van der Waals surface area (Å²) < 4.78 is 5.44. The molecule has 0 bridgehead atoms. The van der Waals surface area contributed by atoms with Gasteiger partial charge in [-0.3, -0.25) is 4.79 Å². The number of benzene rings is 1. The highest BCUT2D eigenvalue weighted by Gasteiger charge is 2.19. The predicted octanol–water partition coefficient (Wildman–Crippen LogP) is 3.37. The van der Waals surface area contributed by atoms with E-state index in [9.17, 15) is 9.90 Å². The Hall–Kier alpha value is -1.35. The van der Waals surface area contributed by atoms with Crippen molar-refractivity contribution in [3.8, 4) is 0 Å². The molecule has 100 valence electrons. The Morgan fingerprint density at radius 3 is 2.50 bits per heavy atom. The Bertz CT molecular complexity index is 357. The van der Waals surface area contributed by atoms with Gasteiger partial charge >= 0.3 is 5.97 Å². The first-order chi connectivity index (χ1) is 8.65. The summed E-state index contributed by atoms with van der Waals surface area (Å²) in [6, 6.07) is 7.67. The molecule has 0 fully saturated rings. The van der Waals surface area contributed by atoms with Gasteiger partial charge in [-0.25, -0.2) is 0 Å². The van der Waals surface area contributed by atoms with Crippen LogP contribution < -0.4 is 0 Å². The van der Waals surface area contributed by atoms with Gasteiger partial charge in [-0.15, -0.1) is 0 Å². The molecule has 18 heavy (non-hydrogen) atoms. The molecular formula is C15H22O3. The second kappa shape index (κ2) is 7.88. The highest BCUT2D eigenvalue weighted by atomic mass is 16.5. The number of rotatable bonds is 8. The van der Waals surface area contributed by atoms with E-state index in [1.54, 1.807) is 0 Å². The van der Waals surface area contributed by atoms with Gasteiger partial charge < -0.3 is 9.84 Å². The fourth-order valence-corrected chi connectivity index (χ4v) is 1.78. The molecule has 0 saturated carbocycles. The van der Waals surface area contributed by atoms with Gasteiger partial charge in [0.05, 0.1) is 5.92 Å². The average molecular weight is 250 g/mol. The van der Waals surface area contributed by atoms with Gasteiger partial charge in [-0.1, -0.05) is 43.2 Å². The van der Waals surface area contributed by atoms with E-state index in [1.165, 1.54) is 0 Å². The molecule has 1 rings (SSSR count). The second-order valence-corrected chi connectivity index (χ2v) is 4.56. The van der Waals surface area contributed by atoms with Gasteiger partial charge in [0.1, 0.15) is 0 Å². The largest absolute Gasteiger partial charge is 0.481 e. The first-order valence-electron chi connectivity index (χ1n) is 6.52. The lowest BCUT2D eigenvalue weighted by Gasteiger charge is -2.13. The minimum absolute atomic E-state index is 0.466. The normalized spacial score (nSPS) is 12.3. The minimum Gasteiger partial charge on any atom is -0.481 e. The van der Waals surface area contributed by atoms with E-state index in [0.717, 1.165) is 30.6 Å². The molecule has 3 heteroatoms. The maximum atomic E-state index is 11.2. The van der Waals surface area contributed by atoms with Crippen LogP contribution in [0, 0.1) is 6.92 Å². The van der Waals surface area contributed by atoms with Crippen LogP contribution in [0.2, 0.25) is 0 Å². The van der Waals surface area contributed by atoms with Crippen molar-refractivity contribution in [2.24, 2.45) is 0 Å². The number of ether oxygens (including phenoxy) is 1. The summed E-state index contributed by atoms with van der Waals surface area (Å²) in [5.41, 5.74) is 1.99. The molecule has 1 aromatic carbocycles. The van der Waals surface area contributed by atoms with Gasteiger partial charge in [0.15, 0.2) is 0 Å². The number of carboxylic acids is 1. The zero-order valence-electron chi connectivity index (χ0n) is 11.2. The van der Waals surface area contributed by atoms with Gasteiger partial charge in [0.2, 0.25) is 0 Å². The summed E-state index contributed by atoms with van der Waals surface area (Å²) in [6.45, 7) is 5.32. The van der Waals surface area contributed by atoms with Crippen molar-refractivity contribution in [2.45, 2.75) is 39.0 Å². The molecule has 0 saturated heterocycles. The lowest BCUT2D eigenvalue weighted by atomic mass is 9.95. The number of aliphatic carboxylic acids is 1. The lowest BCUT2D eigenvalue weighted by Crippen LogP contribution is -2.14. The Balaban J connectivity index is 2.50. The van der Waals surface area contributed by atoms with E-state index < -0.39 is 11.9 Å². The maximum absolute atomic E-state index is 11.2. The van der Waals surface area contributed by atoms with E-state index >= 15 is 0 Å². The van der Waals surface area contributed by atoms with Crippen LogP contribution in [0.1, 0.15) is 43.2 Å². The van der Waals surface area contributed by atoms with Crippen molar-refractivity contribution in [3.63, 3.8) is 0 Å². The number of carboxylic acid groups (broad SMARTS) is 1. The minimum atomic E-state index is -0.780. The summed E-state index contributed by atoms with van der Waals surface area (Å²) in [5.74, 6) is -1.25. The third-order valence-electron chi connectivity index (χ3n) is 2.97. The van der Waals surface area contributed by atoms with Crippen LogP contribution in [-0.2, 0) is 9.53 Å². The molecule has 1 aromatic rings. The molecular weight excluding hydrogens is 228 g/mol. The van der Waals surface area contributed by atoms with E-state index in [1.807, 2.05) is 31.2 Å². The number of hydrogen-bond donors (Lipinski definition) is 1. The Morgan fingerprint density at radius 2 is 1.94 bits per heavy atom. The predicted molar refractivity (Wildman–Crippen MR) is 71.9 cm³/mol. The molecule has 1 unspecified atom stereocenters. The fraction of sp³-hybridized carbons (Fsp3) is 0.533. The molecule has 0 aromatic heterocycles. The highest BCUT2D eigenvalue weighted by Crippen LogP contribution is 2.20. The lowest BCUT2D eigenvalue weighted by molar-refractivity contribution is -0.139. The number of hydrogen-bond acceptors (Lipinski definition) is 2. The molecule has 3 nitrogen and oxygen atoms in total. The number of aryl methyl sites for hydroxylation is 1. The topological polar surface area (TPSA) is 46.5 Å². The number of unbranched alkanes of at least 4 members (excludes halogenated alkanes) is 1. The standard InChI is InChI=1S/C15H22O3/c1-3-4-10-18-11-9-14(15(16)17)13-7-5-12(2)6-8-13/h5-8,14H,3-4,9-11H2,1-2H3,(H,16,17). The van der Waals surface area contributed by atoms with E-state index in [2.05, 4.69) is 6.92 Å². The van der Waals surface area contributed by atoms with Crippen LogP contribution in [0.5, 0.6) is 0 Å². The van der Waals surface area contributed by atoms with Crippen LogP contribution in [-0.4, -0.2) is 24.3 Å². The molecule has 0 aliphatic carbocycles. The molecule has 0 heterocycles. The van der Waals surface area contributed by atoms with Gasteiger partial charge in [-0.2, -0.15) is 0 Å². The second-order valence-electron chi connectivity index (χ2n) is 4.56. The monoisotopic (exact) mass is 250 g/mol. The SMILES string of the molecule is CCCCOCCC(C(=O)O)c1ccc(C)cc1. The van der Waals surface area contributed by atoms with Crippen LogP contribution in [0.3, 0.4) is 0 Å². The van der Waals surface area contributed by atoms with Crippen molar-refractivity contribution < 1.29 is 14.6 Å². The zero-order chi connectivity index (χ0) is 13.4. The summed E-state index contributed by atoms with van der Waals surface area (Å²) >= 11 is 0. The molecule has 0 aliphatic heterocycles. The smallest absolute Gasteiger partial charge is 0.311 e. The van der Waals surface area contributed by atoms with Crippen LogP contribution in [0.25, 0.3) is 0 Å². The maximum Gasteiger partial charge on any atom is 0.311 e. The van der Waals surface area contributed by atoms with E-state index in [-0.39, 0.29) is 0 Å². The quantitative estimate of drug-likeness (QED) is 0.719. The Morgan fingerprint density at radius 1 is 1.28 bits per heavy atom. The van der Waals surface area contributed by atoms with Crippen molar-refractivity contribution >= 4 is 5.97 Å². The van der Waals surface area contributed by atoms with Crippen molar-refractivity contribution in [2.75, 3.05) is 13.2 Å². The zero-order valence-corrected chi connectivity index (χ0v) is 11.2. The summed E-state index contributed by atoms with van der Waals surface area (Å²) in [6.07, 6.45) is 2.66. The Labute approximate surface area is 109 Å². The third kappa shape index (κ3) is 4.88. The Kier molecular flexibility index (Phi) is 6.44. The molecule has 0 amide bonds. The molecule has 1 atom stereocenters. The molecule has 1 N–H and O–H groups in total. The third-order valence-corrected chi connectivity index (χ3v) is 2.97.